The number of hydrogen-bond donors (Lipinski definition) is 0. The van der Waals surface area contributed by atoms with Gasteiger partial charge in [0.2, 0.25) is 0 Å². The Morgan fingerprint density at radius 3 is 1.05 bits per heavy atom. The molecule has 0 rings (SSSR count). The summed E-state index contributed by atoms with van der Waals surface area (Å²) in [4.78, 5) is 25.4. The minimum absolute atomic E-state index is 0.0914. The molecule has 58 heavy (non-hydrogen) atoms. The van der Waals surface area contributed by atoms with Crippen LogP contribution in [0.2, 0.25) is 0 Å². The summed E-state index contributed by atoms with van der Waals surface area (Å²) < 4.78 is 17.4. The van der Waals surface area contributed by atoms with Gasteiger partial charge in [-0.05, 0) is 44.9 Å². The molecule has 0 aliphatic rings. The lowest BCUT2D eigenvalue weighted by atomic mass is 10.0. The third kappa shape index (κ3) is 47.3. The Morgan fingerprint density at radius 1 is 0.362 bits per heavy atom. The largest absolute Gasteiger partial charge is 0.462 e. The molecule has 5 heteroatoms. The van der Waals surface area contributed by atoms with E-state index in [-0.39, 0.29) is 18.5 Å². The summed E-state index contributed by atoms with van der Waals surface area (Å²) in [5.41, 5.74) is 0. The summed E-state index contributed by atoms with van der Waals surface area (Å²) >= 11 is 0. The average Bonchev–Trinajstić information content (AvgIpc) is 3.22. The van der Waals surface area contributed by atoms with Crippen LogP contribution >= 0.6 is 0 Å². The third-order valence-corrected chi connectivity index (χ3v) is 11.8. The summed E-state index contributed by atoms with van der Waals surface area (Å²) in [6, 6.07) is 0. The molecule has 0 heterocycles. The molecule has 0 saturated carbocycles. The fraction of sp³-hybridized carbons (Fsp3) is 0.925. The molecule has 344 valence electrons. The molecule has 0 aliphatic carbocycles. The summed E-state index contributed by atoms with van der Waals surface area (Å²) in [6.07, 6.45) is 56.4. The molecule has 1 unspecified atom stereocenters. The maximum atomic E-state index is 12.8. The first-order chi connectivity index (χ1) is 28.6. The zero-order chi connectivity index (χ0) is 42.1. The van der Waals surface area contributed by atoms with Crippen LogP contribution in [-0.4, -0.2) is 37.9 Å². The molecule has 1 atom stereocenters. The van der Waals surface area contributed by atoms with E-state index in [4.69, 9.17) is 14.2 Å². The van der Waals surface area contributed by atoms with Gasteiger partial charge in [-0.2, -0.15) is 0 Å². The minimum Gasteiger partial charge on any atom is -0.462 e. The lowest BCUT2D eigenvalue weighted by Crippen LogP contribution is -2.30. The fourth-order valence-corrected chi connectivity index (χ4v) is 7.86. The van der Waals surface area contributed by atoms with Gasteiger partial charge in [0.15, 0.2) is 6.10 Å². The van der Waals surface area contributed by atoms with Gasteiger partial charge in [-0.15, -0.1) is 0 Å². The van der Waals surface area contributed by atoms with Gasteiger partial charge in [0.25, 0.3) is 0 Å². The van der Waals surface area contributed by atoms with Crippen molar-refractivity contribution in [1.82, 2.24) is 0 Å². The molecule has 0 bridgehead atoms. The number of allylic oxidation sites excluding steroid dienone is 2. The number of unbranched alkanes of at least 4 members (excludes halogenated alkanes) is 36. The Bertz CT molecular complexity index is 840. The van der Waals surface area contributed by atoms with Crippen molar-refractivity contribution >= 4 is 11.9 Å². The molecule has 0 saturated heterocycles. The highest BCUT2D eigenvalue weighted by atomic mass is 16.6. The van der Waals surface area contributed by atoms with Crippen LogP contribution in [0.5, 0.6) is 0 Å². The first-order valence-corrected chi connectivity index (χ1v) is 26.2. The molecule has 0 aromatic heterocycles. The van der Waals surface area contributed by atoms with E-state index in [1.165, 1.54) is 212 Å². The zero-order valence-electron chi connectivity index (χ0n) is 39.6. The van der Waals surface area contributed by atoms with Crippen LogP contribution in [0.4, 0.5) is 0 Å². The Morgan fingerprint density at radius 2 is 0.672 bits per heavy atom. The minimum atomic E-state index is -0.530. The van der Waals surface area contributed by atoms with Crippen molar-refractivity contribution in [3.63, 3.8) is 0 Å². The summed E-state index contributed by atoms with van der Waals surface area (Å²) in [5, 5.41) is 0. The van der Waals surface area contributed by atoms with Crippen LogP contribution in [0, 0.1) is 0 Å². The first-order valence-electron chi connectivity index (χ1n) is 26.2. The van der Waals surface area contributed by atoms with Crippen molar-refractivity contribution < 1.29 is 23.8 Å². The Kier molecular flexibility index (Phi) is 48.8. The van der Waals surface area contributed by atoms with E-state index in [0.29, 0.717) is 26.1 Å². The van der Waals surface area contributed by atoms with Crippen LogP contribution in [0.1, 0.15) is 290 Å². The Balaban J connectivity index is 4.22. The van der Waals surface area contributed by atoms with E-state index in [0.717, 1.165) is 44.9 Å². The molecule has 0 aromatic carbocycles. The standard InChI is InChI=1S/C53H102O5/c1-4-7-10-13-16-19-22-25-27-29-32-35-38-41-44-47-53(55)58-51(49-56-48-45-42-39-36-33-30-26-23-20-17-14-11-8-5-2)50-57-52(54)46-43-40-37-34-31-28-24-21-18-15-12-9-6-3/h25,27,51H,4-24,26,28-50H2,1-3H3/b27-25-. The predicted molar refractivity (Wildman–Crippen MR) is 252 cm³/mol. The number of hydrogen-bond acceptors (Lipinski definition) is 5. The van der Waals surface area contributed by atoms with E-state index in [9.17, 15) is 9.59 Å². The zero-order valence-corrected chi connectivity index (χ0v) is 39.6. The topological polar surface area (TPSA) is 61.8 Å². The SMILES string of the molecule is CCCCCCCC/C=C\CCCCCCCC(=O)OC(COCCCCCCCCCCCCCCCC)COC(=O)CCCCCCCCCCCCCCC. The average molecular weight is 819 g/mol. The van der Waals surface area contributed by atoms with Crippen molar-refractivity contribution in [2.24, 2.45) is 0 Å². The summed E-state index contributed by atoms with van der Waals surface area (Å²) in [6.45, 7) is 7.88. The van der Waals surface area contributed by atoms with Crippen LogP contribution in [-0.2, 0) is 23.8 Å². The number of ether oxygens (including phenoxy) is 3. The van der Waals surface area contributed by atoms with Crippen LogP contribution in [0.3, 0.4) is 0 Å². The van der Waals surface area contributed by atoms with Crippen molar-refractivity contribution in [1.29, 1.82) is 0 Å². The highest BCUT2D eigenvalue weighted by Crippen LogP contribution is 2.16. The molecular formula is C53H102O5. The van der Waals surface area contributed by atoms with Gasteiger partial charge in [0.05, 0.1) is 6.61 Å². The van der Waals surface area contributed by atoms with E-state index >= 15 is 0 Å². The second-order valence-corrected chi connectivity index (χ2v) is 17.8. The Labute approximate surface area is 363 Å². The summed E-state index contributed by atoms with van der Waals surface area (Å²) in [7, 11) is 0. The van der Waals surface area contributed by atoms with Crippen molar-refractivity contribution in [2.45, 2.75) is 297 Å². The molecular weight excluding hydrogens is 717 g/mol. The third-order valence-electron chi connectivity index (χ3n) is 11.8. The highest BCUT2D eigenvalue weighted by molar-refractivity contribution is 5.70. The summed E-state index contributed by atoms with van der Waals surface area (Å²) in [5.74, 6) is -0.386. The highest BCUT2D eigenvalue weighted by Gasteiger charge is 2.17. The molecule has 0 aromatic rings. The molecule has 0 aliphatic heterocycles. The van der Waals surface area contributed by atoms with Crippen molar-refractivity contribution in [2.75, 3.05) is 19.8 Å². The lowest BCUT2D eigenvalue weighted by molar-refractivity contribution is -0.163. The monoisotopic (exact) mass is 819 g/mol. The molecule has 5 nitrogen and oxygen atoms in total. The maximum Gasteiger partial charge on any atom is 0.306 e. The van der Waals surface area contributed by atoms with Gasteiger partial charge < -0.3 is 14.2 Å². The molecule has 0 amide bonds. The Hall–Kier alpha value is -1.36. The van der Waals surface area contributed by atoms with Crippen LogP contribution in [0.25, 0.3) is 0 Å². The van der Waals surface area contributed by atoms with Crippen molar-refractivity contribution in [3.8, 4) is 0 Å². The normalized spacial score (nSPS) is 12.1. The number of carbonyl (C=O) groups excluding carboxylic acids is 2. The molecule has 0 radical (unpaired) electrons. The van der Waals surface area contributed by atoms with Gasteiger partial charge in [-0.1, -0.05) is 245 Å². The lowest BCUT2D eigenvalue weighted by Gasteiger charge is -2.18. The van der Waals surface area contributed by atoms with E-state index in [2.05, 4.69) is 32.9 Å². The van der Waals surface area contributed by atoms with Gasteiger partial charge in [0, 0.05) is 19.4 Å². The molecule has 0 N–H and O–H groups in total. The smallest absolute Gasteiger partial charge is 0.306 e. The first kappa shape index (κ1) is 56.6. The van der Waals surface area contributed by atoms with Crippen LogP contribution < -0.4 is 0 Å². The van der Waals surface area contributed by atoms with Crippen LogP contribution in [0.15, 0.2) is 12.2 Å². The molecule has 0 fully saturated rings. The van der Waals surface area contributed by atoms with Gasteiger partial charge in [-0.25, -0.2) is 0 Å². The fourth-order valence-electron chi connectivity index (χ4n) is 7.86. The van der Waals surface area contributed by atoms with Gasteiger partial charge in [-0.3, -0.25) is 9.59 Å². The van der Waals surface area contributed by atoms with Gasteiger partial charge in [0.1, 0.15) is 6.61 Å². The van der Waals surface area contributed by atoms with E-state index in [1.54, 1.807) is 0 Å². The van der Waals surface area contributed by atoms with Crippen molar-refractivity contribution in [3.05, 3.63) is 12.2 Å². The quantitative estimate of drug-likeness (QED) is 0.0348. The second-order valence-electron chi connectivity index (χ2n) is 17.8. The predicted octanol–water partition coefficient (Wildman–Crippen LogP) is 17.5. The number of esters is 2. The van der Waals surface area contributed by atoms with E-state index in [1.807, 2.05) is 0 Å². The van der Waals surface area contributed by atoms with E-state index < -0.39 is 6.10 Å². The molecule has 0 spiro atoms. The second kappa shape index (κ2) is 50.0. The maximum absolute atomic E-state index is 12.8. The number of carbonyl (C=O) groups is 2. The number of rotatable bonds is 49. The van der Waals surface area contributed by atoms with Gasteiger partial charge >= 0.3 is 11.9 Å².